The average Bonchev–Trinajstić information content (AvgIpc) is 0.756. The summed E-state index contributed by atoms with van der Waals surface area (Å²) in [6.45, 7) is -4.53. The molecule has 0 aliphatic carbocycles. The number of aliphatic hydroxyl groups is 27. The number of amides is 7. The Balaban J connectivity index is 1.05. The topological polar surface area (TPSA) is 944 Å². The molecule has 0 bridgehead atoms. The molecule has 0 radical (unpaired) electrons. The third-order valence-electron chi connectivity index (χ3n) is 25.8. The summed E-state index contributed by atoms with van der Waals surface area (Å²) in [7, 11) is 0. The molecule has 142 heavy (non-hydrogen) atoms. The van der Waals surface area contributed by atoms with Crippen LogP contribution in [0.1, 0.15) is 55.4 Å². The lowest BCUT2D eigenvalue weighted by Crippen LogP contribution is -2.72. The summed E-state index contributed by atoms with van der Waals surface area (Å²) >= 11 is 0. The predicted octanol–water partition coefficient (Wildman–Crippen LogP) is -22.9. The lowest BCUT2D eigenvalue weighted by molar-refractivity contribution is -0.410. The van der Waals surface area contributed by atoms with Crippen LogP contribution in [0.15, 0.2) is 0 Å². The minimum Gasteiger partial charge on any atom is -0.394 e. The zero-order valence-corrected chi connectivity index (χ0v) is 77.3. The van der Waals surface area contributed by atoms with E-state index in [1.807, 2.05) is 0 Å². The molecule has 0 aromatic rings. The second kappa shape index (κ2) is 51.3. The van der Waals surface area contributed by atoms with Crippen molar-refractivity contribution in [1.29, 1.82) is 0 Å². The van der Waals surface area contributed by atoms with Crippen LogP contribution in [0.4, 0.5) is 0 Å². The van der Waals surface area contributed by atoms with Gasteiger partial charge in [-0.1, -0.05) is 0 Å². The minimum atomic E-state index is -2.86. The minimum absolute atomic E-state index is 0.843. The summed E-state index contributed by atoms with van der Waals surface area (Å²) in [5.41, 5.74) is 0. The van der Waals surface area contributed by atoms with Crippen LogP contribution in [0.3, 0.4) is 0 Å². The smallest absolute Gasteiger partial charge is 0.217 e. The molecular weight excluding hydrogens is 1940 g/mol. The van der Waals surface area contributed by atoms with Crippen molar-refractivity contribution < 1.29 is 271 Å². The van der Waals surface area contributed by atoms with Gasteiger partial charge in [0.2, 0.25) is 41.4 Å². The van der Waals surface area contributed by atoms with Crippen molar-refractivity contribution in [2.75, 3.05) is 66.1 Å². The van der Waals surface area contributed by atoms with Crippen LogP contribution in [-0.4, -0.2) is 583 Å². The maximum Gasteiger partial charge on any atom is 0.217 e. The Morgan fingerprint density at radius 1 is 0.197 bits per heavy atom. The Labute approximate surface area is 805 Å². The van der Waals surface area contributed by atoms with Crippen LogP contribution in [-0.2, 0) is 133 Å². The molecule has 11 heterocycles. The SMILES string of the molecule is CC(=O)N[C@H]1[C@H](O[C@H]2[C@H](O)[C@@H](NC(C)=O)C(O)O[C@@H]2CO)O[C@H](CO)[C@@H](O[C@@H]2O[C@H](CO[C@H]3O[C@H](CO)[C@@H](O)[C@H](O)[C@@H]3O[C@@H]3O[C@H](CO)[C@@H](O[C@@H]4O[C@H](CO)[C@H](O)[C@H](O)[C@H]4NC(C)=O)[C@H](O)[C@H]3NC(C)=O)[C@@H](O[C@@H]3O[C@H](CO)[C@@H](O)[C@H](O)[C@H]3NC(C)=O)[C@H](O[C@H]3O[C@H](CO)[C@@H](O)[C@H](O)[C@@H]3O[C@@H]3O[C@H](CO)[C@@H](O[C@@H]4O[C@H](CO)[C@H](O)[C@H](O)[C@H]4NC(C)=O)[C@H](O[C@@H]4O[C@@H](C)[C@@H](O)[C@@H](O)[C@@H]4O)[C@H]3NC(C)=O)[C@@H]2O)[C@@H]1O. The highest BCUT2D eigenvalue weighted by atomic mass is 16.8. The quantitative estimate of drug-likeness (QED) is 0.0275. The van der Waals surface area contributed by atoms with Crippen molar-refractivity contribution in [3.8, 4) is 0 Å². The van der Waals surface area contributed by atoms with Crippen LogP contribution in [0.25, 0.3) is 0 Å². The molecule has 11 fully saturated rings. The maximum absolute atomic E-state index is 13.9. The van der Waals surface area contributed by atoms with Gasteiger partial charge in [-0.3, -0.25) is 33.6 Å². The Bertz CT molecular complexity index is 4030. The van der Waals surface area contributed by atoms with E-state index in [1.165, 1.54) is 6.92 Å². The van der Waals surface area contributed by atoms with Gasteiger partial charge in [0.15, 0.2) is 69.2 Å². The van der Waals surface area contributed by atoms with E-state index in [-0.39, 0.29) is 0 Å². The first-order valence-corrected chi connectivity index (χ1v) is 45.5. The largest absolute Gasteiger partial charge is 0.394 e. The number of nitrogens with one attached hydrogen (secondary N) is 7. The van der Waals surface area contributed by atoms with Crippen molar-refractivity contribution >= 4 is 41.4 Å². The zero-order valence-electron chi connectivity index (χ0n) is 77.3. The molecule has 818 valence electrons. The zero-order chi connectivity index (χ0) is 105. The molecule has 11 rings (SSSR count). The summed E-state index contributed by atoms with van der Waals surface area (Å²) in [6, 6.07) is -13.7. The van der Waals surface area contributed by atoms with Crippen LogP contribution in [0, 0.1) is 0 Å². The molecule has 62 nitrogen and oxygen atoms in total. The fraction of sp³-hybridized carbons (Fsp3) is 0.912. The van der Waals surface area contributed by atoms with Gasteiger partial charge >= 0.3 is 0 Å². The lowest BCUT2D eigenvalue weighted by Gasteiger charge is -2.53. The van der Waals surface area contributed by atoms with Crippen LogP contribution >= 0.6 is 0 Å². The standard InChI is InChI=1S/C80H133N7O55/c1-19-44(104)56(116)59(119)77(123-19)139-66-43(87-26(8)103)76(132-35(17-96)64(66)137-72-39(83-22(4)99)51(111)46(106)28(10-89)126-72)142-69-58(118)49(109)31(13-92)129-80(69)140-67-60(120)78(136-63-34(16-95)130-74(41(55(63)115)85-24(6)101)134-61-32(14-93)124-70(121)37(53(61)113)81-20(2)97)133-36(65(67)138-73-40(84-23(5)100)52(112)47(107)29(11-90)127-73)18-122-79-68(57(117)48(108)30(12-91)128-79)141-75-42(86-25(7)102)54(114)62(33(15-94)131-75)135-71-38(82-21(3)98)50(110)45(105)27(9-88)125-71/h19,27-80,88-96,104-121H,9-18H2,1-8H3,(H,81,97)(H,82,98)(H,83,99)(H,84,100)(H,85,101)(H,86,102)(H,87,103)/t19-,27+,28+,29+,30+,31+,32+,33+,34+,35+,36+,37+,38+,39+,40+,41+,42+,43+,44+,45-,46-,47+,48+,49+,50+,51+,52+,53+,54+,55+,56+,57-,58-,59-,60-,61+,62+,63+,64+,65+,66+,67+,68-,69-,70?,71-,72-,73-,74-,75-,76-,77-,78-,79-,80+/m0/s1. The average molecular weight is 2070 g/mol. The maximum atomic E-state index is 13.9. The number of carbonyl (C=O) groups is 7. The first-order chi connectivity index (χ1) is 67.1. The van der Waals surface area contributed by atoms with E-state index in [0.717, 1.165) is 48.5 Å². The van der Waals surface area contributed by atoms with Crippen molar-refractivity contribution in [2.24, 2.45) is 0 Å². The molecule has 62 heteroatoms. The van der Waals surface area contributed by atoms with E-state index >= 15 is 0 Å². The van der Waals surface area contributed by atoms with Gasteiger partial charge in [-0.2, -0.15) is 0 Å². The molecular formula is C80H133N7O55. The molecule has 55 atom stereocenters. The monoisotopic (exact) mass is 2070 g/mol. The lowest BCUT2D eigenvalue weighted by atomic mass is 9.93. The van der Waals surface area contributed by atoms with E-state index < -0.39 is 445 Å². The number of hydrogen-bond acceptors (Lipinski definition) is 55. The van der Waals surface area contributed by atoms with Crippen LogP contribution < -0.4 is 37.2 Å². The van der Waals surface area contributed by atoms with E-state index in [0.29, 0.717) is 0 Å². The Morgan fingerprint density at radius 2 is 0.437 bits per heavy atom. The summed E-state index contributed by atoms with van der Waals surface area (Å²) in [5, 5.41) is 326. The Hall–Kier alpha value is -5.63. The number of rotatable bonds is 37. The second-order valence-electron chi connectivity index (χ2n) is 36.0. The molecule has 34 N–H and O–H groups in total. The van der Waals surface area contributed by atoms with Gasteiger partial charge in [-0.25, -0.2) is 0 Å². The van der Waals surface area contributed by atoms with E-state index in [4.69, 9.17) is 99.5 Å². The Kier molecular flexibility index (Phi) is 42.1. The van der Waals surface area contributed by atoms with Crippen molar-refractivity contribution in [3.05, 3.63) is 0 Å². The van der Waals surface area contributed by atoms with Crippen LogP contribution in [0.5, 0.6) is 0 Å². The van der Waals surface area contributed by atoms with Gasteiger partial charge < -0.3 is 275 Å². The molecule has 0 aromatic heterocycles. The number of hydrogen-bond donors (Lipinski definition) is 34. The first kappa shape index (κ1) is 117. The van der Waals surface area contributed by atoms with Crippen molar-refractivity contribution in [1.82, 2.24) is 37.2 Å². The van der Waals surface area contributed by atoms with Crippen LogP contribution in [0.2, 0.25) is 0 Å². The second-order valence-corrected chi connectivity index (χ2v) is 36.0. The molecule has 11 aliphatic heterocycles. The third kappa shape index (κ3) is 26.3. The number of carbonyl (C=O) groups excluding carboxylic acids is 7. The predicted molar refractivity (Wildman–Crippen MR) is 442 cm³/mol. The summed E-state index contributed by atoms with van der Waals surface area (Å²) in [6.07, 6.45) is -106. The summed E-state index contributed by atoms with van der Waals surface area (Å²) < 4.78 is 131. The molecule has 7 amide bonds. The highest BCUT2D eigenvalue weighted by Crippen LogP contribution is 2.43. The summed E-state index contributed by atoms with van der Waals surface area (Å²) in [4.78, 5) is 91.7. The fourth-order valence-electron chi connectivity index (χ4n) is 18.6. The molecule has 0 aromatic carbocycles. The highest BCUT2D eigenvalue weighted by Gasteiger charge is 2.64. The molecule has 0 spiro atoms. The van der Waals surface area contributed by atoms with E-state index in [9.17, 15) is 171 Å². The molecule has 11 saturated heterocycles. The highest BCUT2D eigenvalue weighted by molar-refractivity contribution is 5.75. The summed E-state index contributed by atoms with van der Waals surface area (Å²) in [5.74, 6) is -6.77. The molecule has 1 unspecified atom stereocenters. The van der Waals surface area contributed by atoms with E-state index in [2.05, 4.69) is 37.2 Å². The van der Waals surface area contributed by atoms with Crippen molar-refractivity contribution in [3.63, 3.8) is 0 Å². The first-order valence-electron chi connectivity index (χ1n) is 45.5. The molecule has 0 saturated carbocycles. The Morgan fingerprint density at radius 3 is 0.803 bits per heavy atom. The fourth-order valence-corrected chi connectivity index (χ4v) is 18.6. The van der Waals surface area contributed by atoms with Gasteiger partial charge in [-0.15, -0.1) is 0 Å². The van der Waals surface area contributed by atoms with Gasteiger partial charge in [0.05, 0.1) is 72.2 Å². The normalized spacial score (nSPS) is 47.5. The van der Waals surface area contributed by atoms with Gasteiger partial charge in [0.1, 0.15) is 262 Å². The van der Waals surface area contributed by atoms with Gasteiger partial charge in [0.25, 0.3) is 0 Å². The third-order valence-corrected chi connectivity index (χ3v) is 25.8. The number of ether oxygens (including phenoxy) is 21. The number of aliphatic hydroxyl groups excluding tert-OH is 27. The van der Waals surface area contributed by atoms with Crippen molar-refractivity contribution in [2.45, 2.75) is 393 Å². The van der Waals surface area contributed by atoms with Gasteiger partial charge in [0, 0.05) is 48.5 Å². The molecule has 11 aliphatic rings. The van der Waals surface area contributed by atoms with E-state index in [1.54, 1.807) is 0 Å². The van der Waals surface area contributed by atoms with Gasteiger partial charge in [-0.05, 0) is 6.92 Å².